The molecule has 4 heteroatoms. The van der Waals surface area contributed by atoms with E-state index in [-0.39, 0.29) is 5.54 Å². The van der Waals surface area contributed by atoms with Crippen molar-refractivity contribution in [2.75, 3.05) is 20.1 Å². The minimum atomic E-state index is 0.180. The number of likely N-dealkylation sites (N-methyl/N-ethyl adjacent to an activating group) is 1. The maximum atomic E-state index is 5.79. The van der Waals surface area contributed by atoms with Crippen molar-refractivity contribution in [1.82, 2.24) is 9.80 Å². The van der Waals surface area contributed by atoms with E-state index < -0.39 is 0 Å². The standard InChI is InChI=1S/C8H16N2.ClH.Cu/c1-8(2,3)10-6-5-9(4)7-10;;/h5-6H2,1-4H3;1H;/q;;+1/p-1. The number of nitrogens with zero attached hydrogens (tertiary/aromatic N) is 2. The molecule has 1 heterocycles. The average Bonchev–Trinajstić information content (AvgIpc) is 2.29. The molecule has 0 N–H and O–H groups in total. The van der Waals surface area contributed by atoms with Gasteiger partial charge in [-0.25, -0.2) is 0 Å². The Morgan fingerprint density at radius 2 is 1.92 bits per heavy atom. The molecule has 0 atom stereocenters. The second kappa shape index (κ2) is 3.77. The molecule has 2 nitrogen and oxygen atoms in total. The van der Waals surface area contributed by atoms with E-state index in [0.29, 0.717) is 0 Å². The van der Waals surface area contributed by atoms with Crippen molar-refractivity contribution in [2.24, 2.45) is 0 Å². The fraction of sp³-hybridized carbons (Fsp3) is 0.875. The Morgan fingerprint density at radius 3 is 2.25 bits per heavy atom. The van der Waals surface area contributed by atoms with E-state index in [9.17, 15) is 0 Å². The molecule has 0 unspecified atom stereocenters. The Morgan fingerprint density at radius 1 is 1.33 bits per heavy atom. The van der Waals surface area contributed by atoms with E-state index in [1.807, 2.05) is 0 Å². The van der Waals surface area contributed by atoms with Crippen LogP contribution in [0.1, 0.15) is 20.8 Å². The fourth-order valence-corrected chi connectivity index (χ4v) is 2.65. The molecular formula is C8H16ClCuN2. The summed E-state index contributed by atoms with van der Waals surface area (Å²) in [4.78, 5) is 4.53. The van der Waals surface area contributed by atoms with Crippen LogP contribution in [0.25, 0.3) is 0 Å². The molecular weight excluding hydrogens is 223 g/mol. The van der Waals surface area contributed by atoms with Gasteiger partial charge in [-0.1, -0.05) is 0 Å². The third-order valence-electron chi connectivity index (χ3n) is 2.01. The summed E-state index contributed by atoms with van der Waals surface area (Å²) in [5.74, 6) is 0. The molecule has 1 aliphatic rings. The topological polar surface area (TPSA) is 6.48 Å². The predicted molar refractivity (Wildman–Crippen MR) is 49.9 cm³/mol. The van der Waals surface area contributed by atoms with Gasteiger partial charge in [-0.2, -0.15) is 0 Å². The van der Waals surface area contributed by atoms with Gasteiger partial charge in [-0.15, -0.1) is 0 Å². The number of hydrogen-bond donors (Lipinski definition) is 0. The second-order valence-corrected chi connectivity index (χ2v) is 5.10. The maximum absolute atomic E-state index is 5.79. The number of rotatable bonds is 0. The predicted octanol–water partition coefficient (Wildman–Crippen LogP) is 1.36. The van der Waals surface area contributed by atoms with Gasteiger partial charge in [-0.3, -0.25) is 0 Å². The Labute approximate surface area is 84.8 Å². The van der Waals surface area contributed by atoms with Gasteiger partial charge in [0.1, 0.15) is 0 Å². The summed E-state index contributed by atoms with van der Waals surface area (Å²) in [6.07, 6.45) is 0. The number of halogens is 1. The molecule has 0 aromatic heterocycles. The molecule has 0 bridgehead atoms. The third-order valence-corrected chi connectivity index (χ3v) is 3.20. The van der Waals surface area contributed by atoms with Crippen molar-refractivity contribution in [3.05, 3.63) is 0 Å². The summed E-state index contributed by atoms with van der Waals surface area (Å²) in [6, 6.07) is 0. The van der Waals surface area contributed by atoms with Crippen molar-refractivity contribution in [3.63, 3.8) is 0 Å². The van der Waals surface area contributed by atoms with E-state index in [0.717, 1.165) is 17.8 Å². The van der Waals surface area contributed by atoms with E-state index in [4.69, 9.17) is 10.1 Å². The summed E-state index contributed by atoms with van der Waals surface area (Å²) in [7, 11) is 7.87. The van der Waals surface area contributed by atoms with Crippen molar-refractivity contribution >= 4 is 14.8 Å². The first-order chi connectivity index (χ1) is 5.46. The zero-order chi connectivity index (χ0) is 9.35. The summed E-state index contributed by atoms with van der Waals surface area (Å²) in [5, 5.41) is 0. The first-order valence-corrected chi connectivity index (χ1v) is 5.78. The molecule has 1 fully saturated rings. The van der Waals surface area contributed by atoms with Crippen LogP contribution in [0.4, 0.5) is 0 Å². The Bertz CT molecular complexity index is 198. The monoisotopic (exact) mass is 238 g/mol. The van der Waals surface area contributed by atoms with Gasteiger partial charge in [0.2, 0.25) is 0 Å². The molecule has 0 amide bonds. The Hall–Kier alpha value is 0.599. The zero-order valence-corrected chi connectivity index (χ0v) is 9.69. The first kappa shape index (κ1) is 10.7. The molecule has 0 aromatic rings. The molecule has 76 valence electrons. The molecule has 0 saturated carbocycles. The van der Waals surface area contributed by atoms with Crippen LogP contribution in [0, 0.1) is 0 Å². The SMILES string of the molecule is CN1CCN(C(C)(C)C)[C]1=[Cu][Cl]. The average molecular weight is 239 g/mol. The molecule has 1 rings (SSSR count). The summed E-state index contributed by atoms with van der Waals surface area (Å²) in [5.41, 5.74) is 0.180. The van der Waals surface area contributed by atoms with Crippen molar-refractivity contribution in [3.8, 4) is 0 Å². The van der Waals surface area contributed by atoms with E-state index >= 15 is 0 Å². The fourth-order valence-electron chi connectivity index (χ4n) is 1.28. The molecule has 1 aliphatic heterocycles. The van der Waals surface area contributed by atoms with Gasteiger partial charge in [0.05, 0.1) is 0 Å². The van der Waals surface area contributed by atoms with Gasteiger partial charge in [0, 0.05) is 0 Å². The normalized spacial score (nSPS) is 26.9. The molecule has 0 radical (unpaired) electrons. The zero-order valence-electron chi connectivity index (χ0n) is 7.99. The van der Waals surface area contributed by atoms with Crippen molar-refractivity contribution < 1.29 is 13.6 Å². The summed E-state index contributed by atoms with van der Waals surface area (Å²) < 4.78 is 1.16. The number of hydrogen-bond acceptors (Lipinski definition) is 2. The molecule has 1 saturated heterocycles. The van der Waals surface area contributed by atoms with Gasteiger partial charge in [-0.05, 0) is 0 Å². The van der Waals surface area contributed by atoms with Crippen LogP contribution in [0.5, 0.6) is 0 Å². The van der Waals surface area contributed by atoms with Gasteiger partial charge >= 0.3 is 84.6 Å². The van der Waals surface area contributed by atoms with E-state index in [2.05, 4.69) is 37.6 Å². The first-order valence-electron chi connectivity index (χ1n) is 4.02. The Kier molecular flexibility index (Phi) is 3.35. The quantitative estimate of drug-likeness (QED) is 0.589. The minimum absolute atomic E-state index is 0.180. The van der Waals surface area contributed by atoms with Gasteiger partial charge < -0.3 is 0 Å². The molecule has 0 aliphatic carbocycles. The third kappa shape index (κ3) is 2.09. The van der Waals surface area contributed by atoms with Crippen LogP contribution in [0.3, 0.4) is 0 Å². The van der Waals surface area contributed by atoms with Crippen LogP contribution in [-0.2, 0) is 13.6 Å². The van der Waals surface area contributed by atoms with Crippen molar-refractivity contribution in [1.29, 1.82) is 0 Å². The molecule has 0 aromatic carbocycles. The molecule has 0 spiro atoms. The van der Waals surface area contributed by atoms with Crippen molar-refractivity contribution in [2.45, 2.75) is 26.3 Å². The van der Waals surface area contributed by atoms with Crippen LogP contribution >= 0.6 is 10.1 Å². The van der Waals surface area contributed by atoms with E-state index in [1.165, 1.54) is 13.6 Å². The van der Waals surface area contributed by atoms with Gasteiger partial charge in [0.15, 0.2) is 0 Å². The Balaban J connectivity index is 2.81. The van der Waals surface area contributed by atoms with Crippen LogP contribution in [0.2, 0.25) is 0 Å². The van der Waals surface area contributed by atoms with Gasteiger partial charge in [0.25, 0.3) is 0 Å². The summed E-state index contributed by atoms with van der Waals surface area (Å²) in [6.45, 7) is 8.77. The van der Waals surface area contributed by atoms with Crippen LogP contribution < -0.4 is 0 Å². The second-order valence-electron chi connectivity index (χ2n) is 4.04. The van der Waals surface area contributed by atoms with Crippen LogP contribution in [-0.4, -0.2) is 40.1 Å². The van der Waals surface area contributed by atoms with Crippen LogP contribution in [0.15, 0.2) is 0 Å². The summed E-state index contributed by atoms with van der Waals surface area (Å²) >= 11 is 1.40. The van der Waals surface area contributed by atoms with E-state index in [1.54, 1.807) is 0 Å². The molecule has 12 heavy (non-hydrogen) atoms.